The van der Waals surface area contributed by atoms with E-state index in [2.05, 4.69) is 39.1 Å². The maximum absolute atomic E-state index is 12.8. The zero-order valence-electron chi connectivity index (χ0n) is 14.9. The van der Waals surface area contributed by atoms with Gasteiger partial charge >= 0.3 is 0 Å². The van der Waals surface area contributed by atoms with Gasteiger partial charge in [0.15, 0.2) is 6.04 Å². The summed E-state index contributed by atoms with van der Waals surface area (Å²) in [5, 5.41) is 3.13. The third-order valence-electron chi connectivity index (χ3n) is 4.73. The highest BCUT2D eigenvalue weighted by Gasteiger charge is 2.27. The smallest absolute Gasteiger partial charge is 0.282 e. The number of benzene rings is 1. The number of nitrogens with one attached hydrogen (secondary N) is 2. The molecule has 4 heteroatoms. The molecule has 1 aliphatic rings. The first kappa shape index (κ1) is 17.8. The summed E-state index contributed by atoms with van der Waals surface area (Å²) in [7, 11) is 0. The number of amides is 1. The fourth-order valence-corrected chi connectivity index (χ4v) is 3.40. The van der Waals surface area contributed by atoms with Gasteiger partial charge in [-0.2, -0.15) is 0 Å². The molecule has 0 fully saturated rings. The Morgan fingerprint density at radius 1 is 1.35 bits per heavy atom. The number of fused-ring (bicyclic) bond motifs is 1. The molecule has 2 N–H and O–H groups in total. The van der Waals surface area contributed by atoms with Crippen LogP contribution in [-0.2, 0) is 11.2 Å². The molecule has 2 atom stereocenters. The quantitative estimate of drug-likeness (QED) is 0.773. The third kappa shape index (κ3) is 4.47. The number of carbonyl (C=O) groups excluding carboxylic acids is 1. The number of unbranched alkanes of at least 4 members (excludes halogenated alkanes) is 1. The van der Waals surface area contributed by atoms with Gasteiger partial charge in [-0.25, -0.2) is 0 Å². The third-order valence-corrected chi connectivity index (χ3v) is 4.73. The highest BCUT2D eigenvalue weighted by Crippen LogP contribution is 2.30. The zero-order valence-corrected chi connectivity index (χ0v) is 14.9. The monoisotopic (exact) mass is 319 g/mol. The van der Waals surface area contributed by atoms with Crippen molar-refractivity contribution in [3.63, 3.8) is 0 Å². The van der Waals surface area contributed by atoms with Gasteiger partial charge in [0.05, 0.1) is 13.1 Å². The van der Waals surface area contributed by atoms with E-state index in [0.29, 0.717) is 0 Å². The molecule has 0 aliphatic carbocycles. The highest BCUT2D eigenvalue weighted by atomic mass is 16.5. The fraction of sp³-hybridized carbons (Fsp3) is 0.632. The Balaban J connectivity index is 2.07. The molecule has 2 rings (SSSR count). The Bertz CT molecular complexity index is 526. The molecule has 0 radical (unpaired) electrons. The minimum Gasteiger partial charge on any atom is -0.490 e. The van der Waals surface area contributed by atoms with Crippen LogP contribution in [0.3, 0.4) is 0 Å². The fourth-order valence-electron chi connectivity index (χ4n) is 3.40. The van der Waals surface area contributed by atoms with E-state index in [9.17, 15) is 4.79 Å². The maximum atomic E-state index is 12.8. The largest absolute Gasteiger partial charge is 0.490 e. The van der Waals surface area contributed by atoms with E-state index in [1.54, 1.807) is 0 Å². The van der Waals surface area contributed by atoms with Crippen molar-refractivity contribution in [1.82, 2.24) is 0 Å². The van der Waals surface area contributed by atoms with Crippen molar-refractivity contribution in [1.29, 1.82) is 0 Å². The van der Waals surface area contributed by atoms with Crippen LogP contribution < -0.4 is 15.0 Å². The van der Waals surface area contributed by atoms with Gasteiger partial charge in [-0.3, -0.25) is 4.79 Å². The van der Waals surface area contributed by atoms with Crippen LogP contribution in [0.25, 0.3) is 0 Å². The van der Waals surface area contributed by atoms with Crippen LogP contribution in [0.2, 0.25) is 0 Å². The molecular formula is C19H31N2O2+. The molecule has 1 aromatic rings. The van der Waals surface area contributed by atoms with Gasteiger partial charge in [0.1, 0.15) is 11.9 Å². The van der Waals surface area contributed by atoms with E-state index < -0.39 is 0 Å². The zero-order chi connectivity index (χ0) is 16.8. The minimum atomic E-state index is 0.0355. The predicted octanol–water partition coefficient (Wildman–Crippen LogP) is 2.43. The lowest BCUT2D eigenvalue weighted by molar-refractivity contribution is -0.912. The highest BCUT2D eigenvalue weighted by molar-refractivity contribution is 5.94. The van der Waals surface area contributed by atoms with E-state index in [0.717, 1.165) is 50.2 Å². The summed E-state index contributed by atoms with van der Waals surface area (Å²) in [6.45, 7) is 10.5. The summed E-state index contributed by atoms with van der Waals surface area (Å²) in [6, 6.07) is 6.02. The van der Waals surface area contributed by atoms with E-state index in [4.69, 9.17) is 4.74 Å². The Hall–Kier alpha value is -1.55. The van der Waals surface area contributed by atoms with E-state index in [1.807, 2.05) is 12.1 Å². The molecule has 1 aromatic carbocycles. The van der Waals surface area contributed by atoms with Crippen molar-refractivity contribution in [2.75, 3.05) is 18.4 Å². The van der Waals surface area contributed by atoms with Crippen LogP contribution in [0.15, 0.2) is 18.2 Å². The summed E-state index contributed by atoms with van der Waals surface area (Å²) in [5.41, 5.74) is 2.08. The molecule has 4 nitrogen and oxygen atoms in total. The second kappa shape index (κ2) is 8.34. The van der Waals surface area contributed by atoms with E-state index >= 15 is 0 Å². The second-order valence-corrected chi connectivity index (χ2v) is 6.50. The van der Waals surface area contributed by atoms with Gasteiger partial charge in [-0.1, -0.05) is 13.3 Å². The molecule has 0 unspecified atom stereocenters. The lowest BCUT2D eigenvalue weighted by Crippen LogP contribution is -3.16. The van der Waals surface area contributed by atoms with Crippen LogP contribution in [0.1, 0.15) is 52.5 Å². The number of rotatable bonds is 8. The van der Waals surface area contributed by atoms with Gasteiger partial charge in [0.2, 0.25) is 0 Å². The number of carbonyl (C=O) groups is 1. The van der Waals surface area contributed by atoms with Crippen molar-refractivity contribution in [3.05, 3.63) is 23.8 Å². The molecule has 1 amide bonds. The van der Waals surface area contributed by atoms with Crippen LogP contribution in [0.4, 0.5) is 5.69 Å². The lowest BCUT2D eigenvalue weighted by Gasteiger charge is -2.25. The van der Waals surface area contributed by atoms with Crippen molar-refractivity contribution in [2.45, 2.75) is 65.5 Å². The van der Waals surface area contributed by atoms with Crippen LogP contribution in [0, 0.1) is 0 Å². The summed E-state index contributed by atoms with van der Waals surface area (Å²) < 4.78 is 5.72. The van der Waals surface area contributed by atoms with Crippen molar-refractivity contribution in [3.8, 4) is 5.75 Å². The lowest BCUT2D eigenvalue weighted by atomic mass is 10.1. The summed E-state index contributed by atoms with van der Waals surface area (Å²) in [6.07, 6.45) is 4.31. The standard InChI is InChI=1S/C19H30N2O2/c1-5-8-9-17(21(6-2)7-3)19(22)20-16-10-11-18-15(13-16)12-14(4)23-18/h10-11,13-14,17H,5-9,12H2,1-4H3,(H,20,22)/p+1/t14-,17-/m1/s1. The molecule has 1 heterocycles. The number of quaternary nitrogens is 1. The first-order chi connectivity index (χ1) is 11.1. The Morgan fingerprint density at radius 2 is 2.09 bits per heavy atom. The van der Waals surface area contributed by atoms with E-state index in [1.165, 1.54) is 10.5 Å². The normalized spacial score (nSPS) is 17.7. The van der Waals surface area contributed by atoms with E-state index in [-0.39, 0.29) is 18.1 Å². The molecule has 0 saturated carbocycles. The van der Waals surface area contributed by atoms with Gasteiger partial charge in [-0.15, -0.1) is 0 Å². The number of likely N-dealkylation sites (N-methyl/N-ethyl adjacent to an activating group) is 1. The topological polar surface area (TPSA) is 42.8 Å². The summed E-state index contributed by atoms with van der Waals surface area (Å²) in [4.78, 5) is 14.1. The Morgan fingerprint density at radius 3 is 2.74 bits per heavy atom. The SMILES string of the molecule is CCCC[C@H](C(=O)Nc1ccc2c(c1)C[C@@H](C)O2)[NH+](CC)CC. The van der Waals surface area contributed by atoms with Gasteiger partial charge in [0.25, 0.3) is 5.91 Å². The first-order valence-electron chi connectivity index (χ1n) is 9.04. The maximum Gasteiger partial charge on any atom is 0.282 e. The van der Waals surface area contributed by atoms with Gasteiger partial charge < -0.3 is 15.0 Å². The minimum absolute atomic E-state index is 0.0355. The van der Waals surface area contributed by atoms with Crippen LogP contribution in [-0.4, -0.2) is 31.1 Å². The molecular weight excluding hydrogens is 288 g/mol. The Labute approximate surface area is 140 Å². The number of hydrogen-bond donors (Lipinski definition) is 2. The Kier molecular flexibility index (Phi) is 6.46. The molecule has 0 bridgehead atoms. The van der Waals surface area contributed by atoms with Gasteiger partial charge in [0, 0.05) is 18.5 Å². The number of hydrogen-bond acceptors (Lipinski definition) is 2. The van der Waals surface area contributed by atoms with Crippen molar-refractivity contribution < 1.29 is 14.4 Å². The number of anilines is 1. The number of ether oxygens (including phenoxy) is 1. The van der Waals surface area contributed by atoms with Crippen LogP contribution >= 0.6 is 0 Å². The van der Waals surface area contributed by atoms with Crippen LogP contribution in [0.5, 0.6) is 5.75 Å². The van der Waals surface area contributed by atoms with Crippen molar-refractivity contribution >= 4 is 11.6 Å². The summed E-state index contributed by atoms with van der Waals surface area (Å²) >= 11 is 0. The molecule has 0 aromatic heterocycles. The molecule has 0 saturated heterocycles. The molecule has 128 valence electrons. The molecule has 1 aliphatic heterocycles. The van der Waals surface area contributed by atoms with Gasteiger partial charge in [-0.05, 0) is 51.0 Å². The predicted molar refractivity (Wildman–Crippen MR) is 94.2 cm³/mol. The average Bonchev–Trinajstić information content (AvgIpc) is 2.90. The molecule has 0 spiro atoms. The average molecular weight is 319 g/mol. The first-order valence-corrected chi connectivity index (χ1v) is 9.04. The second-order valence-electron chi connectivity index (χ2n) is 6.50. The molecule has 23 heavy (non-hydrogen) atoms. The summed E-state index contributed by atoms with van der Waals surface area (Å²) in [5.74, 6) is 1.09. The van der Waals surface area contributed by atoms with Crippen molar-refractivity contribution in [2.24, 2.45) is 0 Å².